The largest absolute Gasteiger partial charge is 0.380 e. The number of anilines is 1. The summed E-state index contributed by atoms with van der Waals surface area (Å²) in [4.78, 5) is 45.0. The van der Waals surface area contributed by atoms with Crippen LogP contribution in [0.25, 0.3) is 11.0 Å². The molecule has 0 bridgehead atoms. The summed E-state index contributed by atoms with van der Waals surface area (Å²) in [5.74, 6) is 0.00960. The zero-order valence-electron chi connectivity index (χ0n) is 18.5. The lowest BCUT2D eigenvalue weighted by atomic mass is 10.0. The van der Waals surface area contributed by atoms with Crippen LogP contribution in [0.3, 0.4) is 0 Å². The van der Waals surface area contributed by atoms with Crippen LogP contribution in [-0.4, -0.2) is 63.5 Å². The van der Waals surface area contributed by atoms with Gasteiger partial charge in [0.15, 0.2) is 0 Å². The predicted octanol–water partition coefficient (Wildman–Crippen LogP) is 2.68. The van der Waals surface area contributed by atoms with Crippen molar-refractivity contribution in [2.24, 2.45) is 7.05 Å². The molecule has 10 heteroatoms. The summed E-state index contributed by atoms with van der Waals surface area (Å²) < 4.78 is 7.53. The lowest BCUT2D eigenvalue weighted by Gasteiger charge is -2.40. The molecule has 1 saturated heterocycles. The van der Waals surface area contributed by atoms with E-state index in [9.17, 15) is 19.7 Å². The van der Waals surface area contributed by atoms with E-state index in [0.717, 1.165) is 5.52 Å². The van der Waals surface area contributed by atoms with Crippen molar-refractivity contribution in [3.63, 3.8) is 0 Å². The number of rotatable bonds is 4. The van der Waals surface area contributed by atoms with E-state index in [2.05, 4.69) is 4.98 Å². The van der Waals surface area contributed by atoms with Crippen molar-refractivity contribution < 1.29 is 19.2 Å². The second-order valence-electron chi connectivity index (χ2n) is 8.53. The molecule has 3 aromatic rings. The SMILES string of the molecule is CO[C@@H]1C[C@@H](N2C(=O)c3ccccc3C2=O)CN(c2nc3cc([N+](=O)[O-])c(C)cc3n2C)C1. The van der Waals surface area contributed by atoms with Crippen LogP contribution in [0, 0.1) is 17.0 Å². The second kappa shape index (κ2) is 7.66. The molecule has 0 N–H and O–H groups in total. The molecule has 5 rings (SSSR count). The van der Waals surface area contributed by atoms with Gasteiger partial charge in [-0.3, -0.25) is 24.6 Å². The summed E-state index contributed by atoms with van der Waals surface area (Å²) in [6.45, 7) is 2.61. The number of piperidine rings is 1. The molecular weight excluding hydrogens is 426 g/mol. The summed E-state index contributed by atoms with van der Waals surface area (Å²) in [5, 5.41) is 11.4. The van der Waals surface area contributed by atoms with Crippen LogP contribution in [0.5, 0.6) is 0 Å². The first kappa shape index (κ1) is 21.1. The Hall–Kier alpha value is -3.79. The fourth-order valence-corrected chi connectivity index (χ4v) is 4.89. The Morgan fingerprint density at radius 2 is 1.79 bits per heavy atom. The van der Waals surface area contributed by atoms with Gasteiger partial charge in [-0.05, 0) is 31.5 Å². The molecule has 0 saturated carbocycles. The van der Waals surface area contributed by atoms with Crippen LogP contribution in [0.15, 0.2) is 36.4 Å². The number of imidazole rings is 1. The molecule has 2 aliphatic heterocycles. The molecule has 2 amide bonds. The van der Waals surface area contributed by atoms with Gasteiger partial charge in [0.05, 0.1) is 39.2 Å². The van der Waals surface area contributed by atoms with Gasteiger partial charge >= 0.3 is 0 Å². The van der Waals surface area contributed by atoms with Crippen molar-refractivity contribution in [3.05, 3.63) is 63.2 Å². The quantitative estimate of drug-likeness (QED) is 0.342. The van der Waals surface area contributed by atoms with E-state index in [0.29, 0.717) is 47.7 Å². The lowest BCUT2D eigenvalue weighted by Crippen LogP contribution is -2.55. The van der Waals surface area contributed by atoms with Gasteiger partial charge in [0.1, 0.15) is 0 Å². The van der Waals surface area contributed by atoms with E-state index in [-0.39, 0.29) is 23.6 Å². The van der Waals surface area contributed by atoms with Crippen molar-refractivity contribution in [1.29, 1.82) is 0 Å². The number of ether oxygens (including phenoxy) is 1. The Labute approximate surface area is 189 Å². The number of benzene rings is 2. The average molecular weight is 449 g/mol. The third kappa shape index (κ3) is 3.25. The number of imide groups is 1. The molecule has 33 heavy (non-hydrogen) atoms. The molecule has 0 unspecified atom stereocenters. The van der Waals surface area contributed by atoms with Crippen molar-refractivity contribution in [2.45, 2.75) is 25.5 Å². The highest BCUT2D eigenvalue weighted by atomic mass is 16.6. The molecule has 0 spiro atoms. The molecule has 2 aliphatic rings. The van der Waals surface area contributed by atoms with Gasteiger partial charge in [-0.1, -0.05) is 12.1 Å². The maximum absolute atomic E-state index is 13.1. The summed E-state index contributed by atoms with van der Waals surface area (Å²) in [5.41, 5.74) is 2.69. The molecule has 170 valence electrons. The molecule has 10 nitrogen and oxygen atoms in total. The minimum absolute atomic E-state index is 0.0180. The second-order valence-corrected chi connectivity index (χ2v) is 8.53. The zero-order chi connectivity index (χ0) is 23.4. The van der Waals surface area contributed by atoms with Gasteiger partial charge in [0.2, 0.25) is 5.95 Å². The number of nitro benzene ring substituents is 1. The number of hydrogen-bond acceptors (Lipinski definition) is 7. The van der Waals surface area contributed by atoms with E-state index < -0.39 is 11.0 Å². The van der Waals surface area contributed by atoms with E-state index in [4.69, 9.17) is 4.74 Å². The predicted molar refractivity (Wildman–Crippen MR) is 120 cm³/mol. The average Bonchev–Trinajstić information content (AvgIpc) is 3.26. The number of nitrogens with zero attached hydrogens (tertiary/aromatic N) is 5. The third-order valence-corrected chi connectivity index (χ3v) is 6.57. The number of methoxy groups -OCH3 is 1. The molecule has 2 aromatic carbocycles. The number of aromatic nitrogens is 2. The zero-order valence-corrected chi connectivity index (χ0v) is 18.5. The van der Waals surface area contributed by atoms with Crippen molar-refractivity contribution in [2.75, 3.05) is 25.1 Å². The Morgan fingerprint density at radius 3 is 2.39 bits per heavy atom. The summed E-state index contributed by atoms with van der Waals surface area (Å²) >= 11 is 0. The first-order valence-electron chi connectivity index (χ1n) is 10.7. The van der Waals surface area contributed by atoms with Crippen molar-refractivity contribution in [1.82, 2.24) is 14.5 Å². The topological polar surface area (TPSA) is 111 Å². The van der Waals surface area contributed by atoms with E-state index in [1.54, 1.807) is 44.4 Å². The minimum Gasteiger partial charge on any atom is -0.380 e. The fourth-order valence-electron chi connectivity index (χ4n) is 4.89. The highest BCUT2D eigenvalue weighted by molar-refractivity contribution is 6.21. The molecule has 0 aliphatic carbocycles. The van der Waals surface area contributed by atoms with Crippen LogP contribution in [0.4, 0.5) is 11.6 Å². The Bertz CT molecular complexity index is 1280. The molecular formula is C23H23N5O5. The lowest BCUT2D eigenvalue weighted by molar-refractivity contribution is -0.385. The first-order valence-corrected chi connectivity index (χ1v) is 10.7. The van der Waals surface area contributed by atoms with Crippen LogP contribution >= 0.6 is 0 Å². The van der Waals surface area contributed by atoms with Gasteiger partial charge in [-0.15, -0.1) is 0 Å². The van der Waals surface area contributed by atoms with Crippen LogP contribution in [-0.2, 0) is 11.8 Å². The van der Waals surface area contributed by atoms with Crippen molar-refractivity contribution in [3.8, 4) is 0 Å². The molecule has 1 aromatic heterocycles. The summed E-state index contributed by atoms with van der Waals surface area (Å²) in [7, 11) is 3.46. The Balaban J connectivity index is 1.51. The van der Waals surface area contributed by atoms with Crippen LogP contribution in [0.1, 0.15) is 32.7 Å². The summed E-state index contributed by atoms with van der Waals surface area (Å²) in [6.07, 6.45) is 0.302. The smallest absolute Gasteiger partial charge is 0.274 e. The number of amides is 2. The normalized spacial score (nSPS) is 20.6. The van der Waals surface area contributed by atoms with Gasteiger partial charge in [-0.25, -0.2) is 4.98 Å². The number of aryl methyl sites for hydroxylation is 2. The van der Waals surface area contributed by atoms with E-state index >= 15 is 0 Å². The molecule has 2 atom stereocenters. The standard InChI is InChI=1S/C23H23N5O5/c1-13-8-20-18(10-19(13)28(31)32)24-23(25(20)2)26-11-14(9-15(12-26)33-3)27-21(29)16-6-4-5-7-17(16)22(27)30/h4-8,10,14-15H,9,11-12H2,1-3H3/t14-,15-/m1/s1. The maximum Gasteiger partial charge on any atom is 0.274 e. The monoisotopic (exact) mass is 449 g/mol. The number of fused-ring (bicyclic) bond motifs is 2. The molecule has 1 fully saturated rings. The first-order chi connectivity index (χ1) is 15.8. The highest BCUT2D eigenvalue weighted by Crippen LogP contribution is 2.32. The fraction of sp³-hybridized carbons (Fsp3) is 0.348. The minimum atomic E-state index is -0.413. The number of nitro groups is 1. The van der Waals surface area contributed by atoms with Gasteiger partial charge in [-0.2, -0.15) is 0 Å². The van der Waals surface area contributed by atoms with Crippen LogP contribution in [0.2, 0.25) is 0 Å². The Kier molecular flexibility index (Phi) is 4.89. The number of hydrogen-bond donors (Lipinski definition) is 0. The number of carbonyl (C=O) groups excluding carboxylic acids is 2. The molecule has 0 radical (unpaired) electrons. The van der Waals surface area contributed by atoms with E-state index in [1.165, 1.54) is 11.0 Å². The van der Waals surface area contributed by atoms with Gasteiger partial charge in [0.25, 0.3) is 17.5 Å². The Morgan fingerprint density at radius 1 is 1.12 bits per heavy atom. The van der Waals surface area contributed by atoms with Gasteiger partial charge < -0.3 is 14.2 Å². The highest BCUT2D eigenvalue weighted by Gasteiger charge is 2.43. The summed E-state index contributed by atoms with van der Waals surface area (Å²) in [6, 6.07) is 9.68. The molecule has 3 heterocycles. The van der Waals surface area contributed by atoms with E-state index in [1.807, 2.05) is 16.5 Å². The van der Waals surface area contributed by atoms with Gasteiger partial charge in [0, 0.05) is 38.9 Å². The van der Waals surface area contributed by atoms with Crippen molar-refractivity contribution >= 4 is 34.5 Å². The third-order valence-electron chi connectivity index (χ3n) is 6.57. The van der Waals surface area contributed by atoms with Crippen LogP contribution < -0.4 is 4.90 Å². The number of carbonyl (C=O) groups is 2. The maximum atomic E-state index is 13.1.